The van der Waals surface area contributed by atoms with Gasteiger partial charge in [0.1, 0.15) is 5.41 Å². The van der Waals surface area contributed by atoms with E-state index in [1.807, 2.05) is 28.0 Å². The van der Waals surface area contributed by atoms with Gasteiger partial charge in [0.2, 0.25) is 11.8 Å². The summed E-state index contributed by atoms with van der Waals surface area (Å²) in [5.74, 6) is 0.154. The largest absolute Gasteiger partial charge is 0.381 e. The van der Waals surface area contributed by atoms with Crippen LogP contribution in [0.15, 0.2) is 24.4 Å². The predicted octanol–water partition coefficient (Wildman–Crippen LogP) is 2.13. The molecule has 2 amide bonds. The van der Waals surface area contributed by atoms with Gasteiger partial charge in [0.25, 0.3) is 0 Å². The number of pyridine rings is 1. The Hall–Kier alpha value is -2.46. The molecule has 3 fully saturated rings. The molecule has 0 saturated carbocycles. The van der Waals surface area contributed by atoms with Crippen LogP contribution in [-0.2, 0) is 20.9 Å². The van der Waals surface area contributed by atoms with E-state index >= 15 is 0 Å². The average molecular weight is 396 g/mol. The topological polar surface area (TPSA) is 86.5 Å². The first-order valence-corrected chi connectivity index (χ1v) is 10.5. The third-order valence-corrected chi connectivity index (χ3v) is 6.91. The fourth-order valence-corrected chi connectivity index (χ4v) is 4.92. The van der Waals surface area contributed by atoms with Gasteiger partial charge in [0, 0.05) is 45.5 Å². The maximum Gasteiger partial charge on any atom is 0.243 e. The Morgan fingerprint density at radius 3 is 2.59 bits per heavy atom. The highest BCUT2D eigenvalue weighted by Gasteiger charge is 2.47. The van der Waals surface area contributed by atoms with Crippen LogP contribution in [0, 0.1) is 22.2 Å². The molecule has 0 atom stereocenters. The van der Waals surface area contributed by atoms with Crippen molar-refractivity contribution in [3.63, 3.8) is 0 Å². The fraction of sp³-hybridized carbons (Fsp3) is 0.636. The lowest BCUT2D eigenvalue weighted by atomic mass is 9.71. The van der Waals surface area contributed by atoms with Gasteiger partial charge >= 0.3 is 0 Å². The van der Waals surface area contributed by atoms with Crippen molar-refractivity contribution in [1.82, 2.24) is 14.8 Å². The molecular weight excluding hydrogens is 368 g/mol. The van der Waals surface area contributed by atoms with Gasteiger partial charge in [-0.15, -0.1) is 0 Å². The first kappa shape index (κ1) is 19.8. The lowest BCUT2D eigenvalue weighted by Gasteiger charge is -2.48. The molecule has 0 aliphatic carbocycles. The molecule has 1 aromatic rings. The predicted molar refractivity (Wildman–Crippen MR) is 105 cm³/mol. The molecule has 0 radical (unpaired) electrons. The van der Waals surface area contributed by atoms with Crippen molar-refractivity contribution in [1.29, 1.82) is 5.26 Å². The van der Waals surface area contributed by atoms with Gasteiger partial charge < -0.3 is 14.5 Å². The standard InChI is InChI=1S/C22H28N4O3/c23-16-22(8-13-29-14-9-22)20(28)25-11-6-21(7-12-25)5-4-19(27)26(17-21)15-18-3-1-2-10-24-18/h1-3,10H,4-9,11-15,17H2. The summed E-state index contributed by atoms with van der Waals surface area (Å²) in [4.78, 5) is 33.7. The van der Waals surface area contributed by atoms with Crippen LogP contribution in [0.3, 0.4) is 0 Å². The van der Waals surface area contributed by atoms with Crippen molar-refractivity contribution in [3.8, 4) is 6.07 Å². The van der Waals surface area contributed by atoms with Crippen molar-refractivity contribution in [3.05, 3.63) is 30.1 Å². The Morgan fingerprint density at radius 2 is 1.93 bits per heavy atom. The zero-order valence-electron chi connectivity index (χ0n) is 16.8. The molecule has 0 unspecified atom stereocenters. The van der Waals surface area contributed by atoms with Gasteiger partial charge in [-0.2, -0.15) is 5.26 Å². The van der Waals surface area contributed by atoms with E-state index < -0.39 is 5.41 Å². The zero-order valence-corrected chi connectivity index (χ0v) is 16.8. The van der Waals surface area contributed by atoms with E-state index in [0.29, 0.717) is 52.1 Å². The molecule has 1 spiro atoms. The number of hydrogen-bond donors (Lipinski definition) is 0. The van der Waals surface area contributed by atoms with E-state index in [2.05, 4.69) is 11.1 Å². The first-order chi connectivity index (χ1) is 14.1. The summed E-state index contributed by atoms with van der Waals surface area (Å²) in [6.07, 6.45) is 5.91. The number of ether oxygens (including phenoxy) is 1. The van der Waals surface area contributed by atoms with E-state index in [-0.39, 0.29) is 17.2 Å². The van der Waals surface area contributed by atoms with Gasteiger partial charge in [-0.3, -0.25) is 14.6 Å². The van der Waals surface area contributed by atoms with Crippen molar-refractivity contribution >= 4 is 11.8 Å². The number of nitrogens with zero attached hydrogens (tertiary/aromatic N) is 4. The first-order valence-electron chi connectivity index (χ1n) is 10.5. The second kappa shape index (κ2) is 8.11. The SMILES string of the molecule is N#CC1(C(=O)N2CCC3(CCC(=O)N(Cc4ccccn4)C3)CC2)CCOCC1. The smallest absolute Gasteiger partial charge is 0.243 e. The Labute approximate surface area is 171 Å². The number of amides is 2. The average Bonchev–Trinajstić information content (AvgIpc) is 2.78. The van der Waals surface area contributed by atoms with Crippen molar-refractivity contribution in [2.45, 2.75) is 45.1 Å². The minimum Gasteiger partial charge on any atom is -0.381 e. The van der Waals surface area contributed by atoms with Crippen molar-refractivity contribution in [2.75, 3.05) is 32.8 Å². The molecule has 7 heteroatoms. The summed E-state index contributed by atoms with van der Waals surface area (Å²) in [6, 6.07) is 8.06. The molecule has 4 rings (SSSR count). The second-order valence-electron chi connectivity index (χ2n) is 8.67. The zero-order chi connectivity index (χ0) is 20.3. The van der Waals surface area contributed by atoms with Crippen LogP contribution in [0.5, 0.6) is 0 Å². The van der Waals surface area contributed by atoms with Crippen molar-refractivity contribution < 1.29 is 14.3 Å². The summed E-state index contributed by atoms with van der Waals surface area (Å²) in [5, 5.41) is 9.69. The second-order valence-corrected chi connectivity index (χ2v) is 8.67. The van der Waals surface area contributed by atoms with E-state index in [1.54, 1.807) is 6.20 Å². The lowest BCUT2D eigenvalue weighted by Crippen LogP contribution is -2.54. The van der Waals surface area contributed by atoms with Gasteiger partial charge in [0.05, 0.1) is 18.3 Å². The lowest BCUT2D eigenvalue weighted by molar-refractivity contribution is -0.149. The van der Waals surface area contributed by atoms with Crippen molar-refractivity contribution in [2.24, 2.45) is 10.8 Å². The third-order valence-electron chi connectivity index (χ3n) is 6.91. The summed E-state index contributed by atoms with van der Waals surface area (Å²) in [7, 11) is 0. The number of carbonyl (C=O) groups excluding carboxylic acids is 2. The monoisotopic (exact) mass is 396 g/mol. The Bertz CT molecular complexity index is 790. The third kappa shape index (κ3) is 3.99. The van der Waals surface area contributed by atoms with Crippen LogP contribution in [0.25, 0.3) is 0 Å². The van der Waals surface area contributed by atoms with Gasteiger partial charge in [-0.25, -0.2) is 0 Å². The molecule has 4 heterocycles. The number of aromatic nitrogens is 1. The van der Waals surface area contributed by atoms with E-state index in [4.69, 9.17) is 4.74 Å². The highest BCUT2D eigenvalue weighted by atomic mass is 16.5. The maximum absolute atomic E-state index is 13.1. The summed E-state index contributed by atoms with van der Waals surface area (Å²) in [6.45, 7) is 3.54. The van der Waals surface area contributed by atoms with Crippen LogP contribution >= 0.6 is 0 Å². The number of likely N-dealkylation sites (tertiary alicyclic amines) is 2. The molecule has 3 saturated heterocycles. The van der Waals surface area contributed by atoms with Gasteiger partial charge in [-0.1, -0.05) is 6.07 Å². The van der Waals surface area contributed by atoms with Crippen LogP contribution in [0.1, 0.15) is 44.2 Å². The highest BCUT2D eigenvalue weighted by Crippen LogP contribution is 2.42. The Balaban J connectivity index is 1.39. The number of nitriles is 1. The molecule has 0 bridgehead atoms. The molecule has 29 heavy (non-hydrogen) atoms. The maximum atomic E-state index is 13.1. The van der Waals surface area contributed by atoms with E-state index in [0.717, 1.165) is 31.5 Å². The highest BCUT2D eigenvalue weighted by molar-refractivity contribution is 5.85. The quantitative estimate of drug-likeness (QED) is 0.781. The molecule has 3 aliphatic rings. The molecule has 154 valence electrons. The van der Waals surface area contributed by atoms with Crippen LogP contribution < -0.4 is 0 Å². The molecule has 1 aromatic heterocycles. The molecule has 7 nitrogen and oxygen atoms in total. The van der Waals surface area contributed by atoms with Crippen LogP contribution in [0.2, 0.25) is 0 Å². The summed E-state index contributed by atoms with van der Waals surface area (Å²) in [5.41, 5.74) is 0.0478. The van der Waals surface area contributed by atoms with E-state index in [9.17, 15) is 14.9 Å². The van der Waals surface area contributed by atoms with Gasteiger partial charge in [0.15, 0.2) is 0 Å². The minimum atomic E-state index is -0.920. The number of carbonyl (C=O) groups is 2. The van der Waals surface area contributed by atoms with Crippen LogP contribution in [0.4, 0.5) is 0 Å². The van der Waals surface area contributed by atoms with Gasteiger partial charge in [-0.05, 0) is 49.7 Å². The molecule has 0 aromatic carbocycles. The number of piperidine rings is 2. The molecule has 3 aliphatic heterocycles. The van der Waals surface area contributed by atoms with E-state index in [1.165, 1.54) is 0 Å². The summed E-state index contributed by atoms with van der Waals surface area (Å²) < 4.78 is 5.36. The van der Waals surface area contributed by atoms with Crippen LogP contribution in [-0.4, -0.2) is 59.4 Å². The fourth-order valence-electron chi connectivity index (χ4n) is 4.92. The summed E-state index contributed by atoms with van der Waals surface area (Å²) >= 11 is 0. The number of hydrogen-bond acceptors (Lipinski definition) is 5. The minimum absolute atomic E-state index is 0.0321. The Morgan fingerprint density at radius 1 is 1.17 bits per heavy atom. The normalized spacial score (nSPS) is 23.6. The number of rotatable bonds is 3. The molecule has 0 N–H and O–H groups in total. The Kier molecular flexibility index (Phi) is 5.55. The molecular formula is C22H28N4O3.